The normalized spacial score (nSPS) is 11.2. The van der Waals surface area contributed by atoms with Gasteiger partial charge in [0.25, 0.3) is 10.0 Å². The Kier molecular flexibility index (Phi) is 5.71. The topological polar surface area (TPSA) is 85.4 Å². The predicted molar refractivity (Wildman–Crippen MR) is 99.9 cm³/mol. The lowest BCUT2D eigenvalue weighted by Crippen LogP contribution is -2.13. The maximum atomic E-state index is 13.3. The number of halogens is 2. The molecule has 3 rings (SSSR count). The van der Waals surface area contributed by atoms with Gasteiger partial charge in [0, 0.05) is 17.5 Å². The second-order valence-corrected chi connectivity index (χ2v) is 8.48. The first-order valence-electron chi connectivity index (χ1n) is 7.88. The zero-order valence-electron chi connectivity index (χ0n) is 14.5. The number of ether oxygens (including phenoxy) is 1. The molecular formula is C18H14F2N2O4S2. The molecule has 0 aliphatic rings. The minimum atomic E-state index is -3.97. The first-order valence-corrected chi connectivity index (χ1v) is 10.2. The molecule has 0 amide bonds. The minimum absolute atomic E-state index is 0.100. The second-order valence-electron chi connectivity index (χ2n) is 5.68. The van der Waals surface area contributed by atoms with Crippen molar-refractivity contribution >= 4 is 32.5 Å². The Morgan fingerprint density at radius 2 is 1.96 bits per heavy atom. The van der Waals surface area contributed by atoms with Crippen LogP contribution >= 0.6 is 11.3 Å². The van der Waals surface area contributed by atoms with Gasteiger partial charge < -0.3 is 4.74 Å². The molecule has 3 aromatic rings. The van der Waals surface area contributed by atoms with Gasteiger partial charge in [-0.05, 0) is 35.9 Å². The fraction of sp³-hybridized carbons (Fsp3) is 0.111. The Hall–Kier alpha value is -2.85. The van der Waals surface area contributed by atoms with Crippen molar-refractivity contribution < 1.29 is 26.7 Å². The summed E-state index contributed by atoms with van der Waals surface area (Å²) in [5.41, 5.74) is 0.631. The van der Waals surface area contributed by atoms with Gasteiger partial charge in [-0.15, -0.1) is 11.3 Å². The summed E-state index contributed by atoms with van der Waals surface area (Å²) in [7, 11) is -2.77. The van der Waals surface area contributed by atoms with Gasteiger partial charge >= 0.3 is 5.97 Å². The Morgan fingerprint density at radius 3 is 2.68 bits per heavy atom. The van der Waals surface area contributed by atoms with Crippen molar-refractivity contribution in [3.63, 3.8) is 0 Å². The van der Waals surface area contributed by atoms with E-state index in [9.17, 15) is 22.0 Å². The summed E-state index contributed by atoms with van der Waals surface area (Å²) < 4.78 is 58.3. The van der Waals surface area contributed by atoms with Crippen LogP contribution in [0.15, 0.2) is 53.6 Å². The number of thiazole rings is 1. The third kappa shape index (κ3) is 4.52. The average Bonchev–Trinajstić information content (AvgIpc) is 3.10. The quantitative estimate of drug-likeness (QED) is 0.611. The number of anilines is 1. The SMILES string of the molecule is COC(=O)c1cccc(S(=O)(=O)Nc2ncc(Cc3ccc(F)c(F)c3)s2)c1. The average molecular weight is 424 g/mol. The van der Waals surface area contributed by atoms with E-state index in [4.69, 9.17) is 0 Å². The highest BCUT2D eigenvalue weighted by atomic mass is 32.2. The van der Waals surface area contributed by atoms with Gasteiger partial charge in [0.1, 0.15) is 0 Å². The molecule has 146 valence electrons. The lowest BCUT2D eigenvalue weighted by molar-refractivity contribution is 0.0600. The molecule has 1 heterocycles. The van der Waals surface area contributed by atoms with Gasteiger partial charge in [-0.2, -0.15) is 0 Å². The highest BCUT2D eigenvalue weighted by molar-refractivity contribution is 7.93. The standard InChI is InChI=1S/C18H14F2N2O4S2/c1-26-17(23)12-3-2-4-14(9-12)28(24,25)22-18-21-10-13(27-18)7-11-5-6-15(19)16(20)8-11/h2-6,8-10H,7H2,1H3,(H,21,22). The molecular weight excluding hydrogens is 410 g/mol. The van der Waals surface area contributed by atoms with E-state index in [2.05, 4.69) is 14.4 Å². The zero-order chi connectivity index (χ0) is 20.3. The summed E-state index contributed by atoms with van der Waals surface area (Å²) in [5.74, 6) is -2.54. The van der Waals surface area contributed by atoms with Gasteiger partial charge in [-0.3, -0.25) is 4.72 Å². The van der Waals surface area contributed by atoms with Crippen LogP contribution in [0.1, 0.15) is 20.8 Å². The highest BCUT2D eigenvalue weighted by Gasteiger charge is 2.18. The highest BCUT2D eigenvalue weighted by Crippen LogP contribution is 2.25. The second kappa shape index (κ2) is 8.03. The number of hydrogen-bond donors (Lipinski definition) is 1. The molecule has 0 fully saturated rings. The molecule has 0 saturated carbocycles. The molecule has 28 heavy (non-hydrogen) atoms. The summed E-state index contributed by atoms with van der Waals surface area (Å²) in [6.45, 7) is 0. The Bertz CT molecular complexity index is 1130. The molecule has 6 nitrogen and oxygen atoms in total. The molecule has 0 saturated heterocycles. The van der Waals surface area contributed by atoms with Crippen molar-refractivity contribution in [3.8, 4) is 0 Å². The summed E-state index contributed by atoms with van der Waals surface area (Å²) in [6.07, 6.45) is 1.73. The van der Waals surface area contributed by atoms with E-state index < -0.39 is 27.6 Å². The smallest absolute Gasteiger partial charge is 0.337 e. The Balaban J connectivity index is 1.77. The number of nitrogens with zero attached hydrogens (tertiary/aromatic N) is 1. The van der Waals surface area contributed by atoms with E-state index in [1.807, 2.05) is 0 Å². The maximum absolute atomic E-state index is 13.3. The van der Waals surface area contributed by atoms with Crippen LogP contribution < -0.4 is 4.72 Å². The minimum Gasteiger partial charge on any atom is -0.465 e. The molecule has 10 heteroatoms. The first-order chi connectivity index (χ1) is 13.3. The van der Waals surface area contributed by atoms with Crippen LogP contribution in [-0.4, -0.2) is 26.5 Å². The molecule has 0 spiro atoms. The summed E-state index contributed by atoms with van der Waals surface area (Å²) in [5, 5.41) is 0.112. The number of rotatable bonds is 6. The molecule has 1 N–H and O–H groups in total. The van der Waals surface area contributed by atoms with E-state index in [0.29, 0.717) is 10.4 Å². The van der Waals surface area contributed by atoms with Crippen LogP contribution in [-0.2, 0) is 21.2 Å². The van der Waals surface area contributed by atoms with E-state index in [1.165, 1.54) is 43.6 Å². The van der Waals surface area contributed by atoms with Gasteiger partial charge in [-0.1, -0.05) is 12.1 Å². The van der Waals surface area contributed by atoms with Crippen molar-refractivity contribution in [1.29, 1.82) is 0 Å². The molecule has 2 aromatic carbocycles. The molecule has 0 radical (unpaired) electrons. The van der Waals surface area contributed by atoms with Gasteiger partial charge in [-0.25, -0.2) is 27.0 Å². The number of sulfonamides is 1. The predicted octanol–water partition coefficient (Wildman–Crippen LogP) is 3.60. The first kappa shape index (κ1) is 19.9. The van der Waals surface area contributed by atoms with Crippen LogP contribution in [0.4, 0.5) is 13.9 Å². The number of carbonyl (C=O) groups is 1. The number of nitrogens with one attached hydrogen (secondary N) is 1. The number of benzene rings is 2. The van der Waals surface area contributed by atoms with E-state index in [-0.39, 0.29) is 22.0 Å². The molecule has 0 unspecified atom stereocenters. The third-order valence-electron chi connectivity index (χ3n) is 3.70. The van der Waals surface area contributed by atoms with E-state index in [0.717, 1.165) is 23.5 Å². The molecule has 0 bridgehead atoms. The van der Waals surface area contributed by atoms with Crippen LogP contribution in [0, 0.1) is 11.6 Å². The number of esters is 1. The molecule has 0 aliphatic carbocycles. The zero-order valence-corrected chi connectivity index (χ0v) is 16.1. The van der Waals surface area contributed by atoms with Crippen LogP contribution in [0.25, 0.3) is 0 Å². The van der Waals surface area contributed by atoms with E-state index in [1.54, 1.807) is 0 Å². The van der Waals surface area contributed by atoms with Crippen molar-refractivity contribution in [2.75, 3.05) is 11.8 Å². The third-order valence-corrected chi connectivity index (χ3v) is 6.08. The van der Waals surface area contributed by atoms with Crippen molar-refractivity contribution in [2.24, 2.45) is 0 Å². The maximum Gasteiger partial charge on any atom is 0.337 e. The van der Waals surface area contributed by atoms with Crippen LogP contribution in [0.3, 0.4) is 0 Å². The van der Waals surface area contributed by atoms with Crippen LogP contribution in [0.5, 0.6) is 0 Å². The van der Waals surface area contributed by atoms with Gasteiger partial charge in [0.15, 0.2) is 16.8 Å². The summed E-state index contributed by atoms with van der Waals surface area (Å²) >= 11 is 1.07. The lowest BCUT2D eigenvalue weighted by atomic mass is 10.1. The van der Waals surface area contributed by atoms with Gasteiger partial charge in [0.2, 0.25) is 0 Å². The number of aromatic nitrogens is 1. The molecule has 0 aliphatic heterocycles. The lowest BCUT2D eigenvalue weighted by Gasteiger charge is -2.06. The largest absolute Gasteiger partial charge is 0.465 e. The molecule has 0 atom stereocenters. The number of carbonyl (C=O) groups excluding carboxylic acids is 1. The number of methoxy groups -OCH3 is 1. The summed E-state index contributed by atoms with van der Waals surface area (Å²) in [4.78, 5) is 16.1. The summed E-state index contributed by atoms with van der Waals surface area (Å²) in [6, 6.07) is 8.96. The van der Waals surface area contributed by atoms with Gasteiger partial charge in [0.05, 0.1) is 17.6 Å². The fourth-order valence-corrected chi connectivity index (χ4v) is 4.50. The van der Waals surface area contributed by atoms with E-state index >= 15 is 0 Å². The number of hydrogen-bond acceptors (Lipinski definition) is 6. The monoisotopic (exact) mass is 424 g/mol. The molecule has 1 aromatic heterocycles. The van der Waals surface area contributed by atoms with Crippen molar-refractivity contribution in [3.05, 3.63) is 76.3 Å². The Morgan fingerprint density at radius 1 is 1.18 bits per heavy atom. The fourth-order valence-electron chi connectivity index (χ4n) is 2.37. The van der Waals surface area contributed by atoms with Crippen LogP contribution in [0.2, 0.25) is 0 Å². The van der Waals surface area contributed by atoms with Crippen molar-refractivity contribution in [1.82, 2.24) is 4.98 Å². The Labute approximate surface area is 163 Å². The van der Waals surface area contributed by atoms with Crippen molar-refractivity contribution in [2.45, 2.75) is 11.3 Å².